The highest BCUT2D eigenvalue weighted by Gasteiger charge is 2.38. The van der Waals surface area contributed by atoms with Crippen LogP contribution in [0.2, 0.25) is 0 Å². The van der Waals surface area contributed by atoms with Gasteiger partial charge in [0.1, 0.15) is 0 Å². The summed E-state index contributed by atoms with van der Waals surface area (Å²) in [5.41, 5.74) is 0. The van der Waals surface area contributed by atoms with Gasteiger partial charge >= 0.3 is 6.09 Å². The lowest BCUT2D eigenvalue weighted by atomic mass is 10.1. The van der Waals surface area contributed by atoms with E-state index >= 15 is 0 Å². The molecule has 2 heterocycles. The summed E-state index contributed by atoms with van der Waals surface area (Å²) in [6.45, 7) is 2.51. The average Bonchev–Trinajstić information content (AvgIpc) is 2.49. The van der Waals surface area contributed by atoms with Crippen molar-refractivity contribution in [3.63, 3.8) is 0 Å². The minimum Gasteiger partial charge on any atom is -0.465 e. The zero-order valence-corrected chi connectivity index (χ0v) is 6.69. The highest BCUT2D eigenvalue weighted by Crippen LogP contribution is 2.17. The van der Waals surface area contributed by atoms with Crippen molar-refractivity contribution >= 4 is 6.09 Å². The summed E-state index contributed by atoms with van der Waals surface area (Å²) < 4.78 is 5.41. The van der Waals surface area contributed by atoms with E-state index in [2.05, 4.69) is 5.32 Å². The van der Waals surface area contributed by atoms with E-state index in [4.69, 9.17) is 9.84 Å². The van der Waals surface area contributed by atoms with Crippen molar-refractivity contribution in [3.8, 4) is 0 Å². The third-order valence-electron chi connectivity index (χ3n) is 2.44. The molecule has 2 aliphatic heterocycles. The Kier molecular flexibility index (Phi) is 1.90. The fourth-order valence-electron chi connectivity index (χ4n) is 1.83. The van der Waals surface area contributed by atoms with Gasteiger partial charge in [-0.3, -0.25) is 4.90 Å². The summed E-state index contributed by atoms with van der Waals surface area (Å²) in [6, 6.07) is 0.0243. The number of hydrogen-bond donors (Lipinski definition) is 2. The summed E-state index contributed by atoms with van der Waals surface area (Å²) in [5.74, 6) is 0. The number of carboxylic acid groups (broad SMARTS) is 1. The number of ether oxygens (including phenoxy) is 1. The molecule has 0 spiro atoms. The van der Waals surface area contributed by atoms with Crippen LogP contribution in [-0.4, -0.2) is 54.5 Å². The van der Waals surface area contributed by atoms with E-state index in [9.17, 15) is 4.79 Å². The quantitative estimate of drug-likeness (QED) is 0.509. The fourth-order valence-corrected chi connectivity index (χ4v) is 1.83. The molecule has 0 aromatic heterocycles. The van der Waals surface area contributed by atoms with Gasteiger partial charge in [-0.2, -0.15) is 0 Å². The smallest absolute Gasteiger partial charge is 0.407 e. The highest BCUT2D eigenvalue weighted by atomic mass is 16.5. The lowest BCUT2D eigenvalue weighted by Crippen LogP contribution is -2.52. The Hall–Kier alpha value is -0.810. The molecule has 2 rings (SSSR count). The molecule has 0 aliphatic carbocycles. The molecule has 0 saturated carbocycles. The number of nitrogens with zero attached hydrogens (tertiary/aromatic N) is 1. The number of amides is 1. The average molecular weight is 172 g/mol. The number of hydrogen-bond acceptors (Lipinski definition) is 3. The first-order valence-electron chi connectivity index (χ1n) is 4.11. The van der Waals surface area contributed by atoms with Crippen LogP contribution in [0.5, 0.6) is 0 Å². The zero-order valence-electron chi connectivity index (χ0n) is 6.69. The second kappa shape index (κ2) is 2.91. The topological polar surface area (TPSA) is 61.8 Å². The normalized spacial score (nSPS) is 34.8. The molecule has 2 unspecified atom stereocenters. The predicted molar refractivity (Wildman–Crippen MR) is 41.1 cm³/mol. The molecular weight excluding hydrogens is 160 g/mol. The van der Waals surface area contributed by atoms with Gasteiger partial charge in [0, 0.05) is 19.6 Å². The highest BCUT2D eigenvalue weighted by molar-refractivity contribution is 5.65. The van der Waals surface area contributed by atoms with E-state index in [0.29, 0.717) is 13.2 Å². The molecule has 68 valence electrons. The molecule has 2 saturated heterocycles. The number of carbonyl (C=O) groups is 1. The van der Waals surface area contributed by atoms with Crippen molar-refractivity contribution < 1.29 is 14.6 Å². The lowest BCUT2D eigenvalue weighted by Gasteiger charge is -2.34. The molecule has 0 aromatic carbocycles. The molecule has 5 nitrogen and oxygen atoms in total. The molecule has 2 N–H and O–H groups in total. The lowest BCUT2D eigenvalue weighted by molar-refractivity contribution is -0.0377. The maximum Gasteiger partial charge on any atom is 0.407 e. The minimum absolute atomic E-state index is 0.0243. The van der Waals surface area contributed by atoms with Crippen LogP contribution in [0.15, 0.2) is 0 Å². The van der Waals surface area contributed by atoms with Gasteiger partial charge in [0.15, 0.2) is 0 Å². The first-order valence-corrected chi connectivity index (χ1v) is 4.11. The van der Waals surface area contributed by atoms with Gasteiger partial charge in [0.05, 0.1) is 18.8 Å². The van der Waals surface area contributed by atoms with Gasteiger partial charge in [-0.05, 0) is 0 Å². The Bertz CT molecular complexity index is 197. The first kappa shape index (κ1) is 7.82. The first-order chi connectivity index (χ1) is 5.79. The number of nitrogens with one attached hydrogen (secondary N) is 1. The van der Waals surface area contributed by atoms with E-state index in [1.807, 2.05) is 0 Å². The molecule has 0 aromatic rings. The second-order valence-electron chi connectivity index (χ2n) is 3.11. The van der Waals surface area contributed by atoms with E-state index in [1.165, 1.54) is 4.90 Å². The minimum atomic E-state index is -0.836. The summed E-state index contributed by atoms with van der Waals surface area (Å²) in [5, 5.41) is 11.9. The molecule has 0 bridgehead atoms. The maximum atomic E-state index is 10.7. The van der Waals surface area contributed by atoms with Gasteiger partial charge in [0.2, 0.25) is 0 Å². The predicted octanol–water partition coefficient (Wildman–Crippen LogP) is -0.663. The number of morpholine rings is 1. The van der Waals surface area contributed by atoms with Gasteiger partial charge in [-0.25, -0.2) is 4.79 Å². The summed E-state index contributed by atoms with van der Waals surface area (Å²) in [6.07, 6.45) is -0.771. The fraction of sp³-hybridized carbons (Fsp3) is 0.857. The van der Waals surface area contributed by atoms with Crippen LogP contribution < -0.4 is 5.32 Å². The van der Waals surface area contributed by atoms with Crippen LogP contribution in [0.3, 0.4) is 0 Å². The molecular formula is C7H12N2O3. The Morgan fingerprint density at radius 1 is 1.58 bits per heavy atom. The second-order valence-corrected chi connectivity index (χ2v) is 3.11. The van der Waals surface area contributed by atoms with Gasteiger partial charge < -0.3 is 15.2 Å². The standard InChI is InChI=1S/C7H12N2O3/c10-7(11)9-1-2-12-6-4-8-3-5(6)9/h5-6,8H,1-4H2,(H,10,11). The van der Waals surface area contributed by atoms with Crippen LogP contribution >= 0.6 is 0 Å². The van der Waals surface area contributed by atoms with Crippen molar-refractivity contribution in [3.05, 3.63) is 0 Å². The van der Waals surface area contributed by atoms with Gasteiger partial charge in [-0.1, -0.05) is 0 Å². The third kappa shape index (κ3) is 1.15. The molecule has 5 heteroatoms. The molecule has 2 aliphatic rings. The molecule has 0 radical (unpaired) electrons. The zero-order chi connectivity index (χ0) is 8.55. The molecule has 2 atom stereocenters. The molecule has 12 heavy (non-hydrogen) atoms. The van der Waals surface area contributed by atoms with Crippen molar-refractivity contribution in [1.29, 1.82) is 0 Å². The molecule has 1 amide bonds. The van der Waals surface area contributed by atoms with Crippen LogP contribution in [0, 0.1) is 0 Å². The van der Waals surface area contributed by atoms with E-state index in [1.54, 1.807) is 0 Å². The number of fused-ring (bicyclic) bond motifs is 1. The monoisotopic (exact) mass is 172 g/mol. The van der Waals surface area contributed by atoms with Crippen LogP contribution in [0.4, 0.5) is 4.79 Å². The summed E-state index contributed by atoms with van der Waals surface area (Å²) in [4.78, 5) is 12.2. The van der Waals surface area contributed by atoms with Crippen LogP contribution in [0.1, 0.15) is 0 Å². The van der Waals surface area contributed by atoms with Crippen LogP contribution in [-0.2, 0) is 4.74 Å². The van der Waals surface area contributed by atoms with Crippen molar-refractivity contribution in [2.24, 2.45) is 0 Å². The van der Waals surface area contributed by atoms with Crippen molar-refractivity contribution in [1.82, 2.24) is 10.2 Å². The van der Waals surface area contributed by atoms with Crippen molar-refractivity contribution in [2.45, 2.75) is 12.1 Å². The molecule has 2 fully saturated rings. The Labute approximate surface area is 70.3 Å². The van der Waals surface area contributed by atoms with Crippen molar-refractivity contribution in [2.75, 3.05) is 26.2 Å². The maximum absolute atomic E-state index is 10.7. The Balaban J connectivity index is 2.08. The largest absolute Gasteiger partial charge is 0.465 e. The Morgan fingerprint density at radius 3 is 3.17 bits per heavy atom. The van der Waals surface area contributed by atoms with E-state index in [-0.39, 0.29) is 12.1 Å². The SMILES string of the molecule is O=C(O)N1CCOC2CNCC21. The van der Waals surface area contributed by atoms with Crippen LogP contribution in [0.25, 0.3) is 0 Å². The van der Waals surface area contributed by atoms with E-state index < -0.39 is 6.09 Å². The number of rotatable bonds is 0. The van der Waals surface area contributed by atoms with E-state index in [0.717, 1.165) is 13.1 Å². The Morgan fingerprint density at radius 2 is 2.42 bits per heavy atom. The summed E-state index contributed by atoms with van der Waals surface area (Å²) >= 11 is 0. The van der Waals surface area contributed by atoms with Gasteiger partial charge in [-0.15, -0.1) is 0 Å². The van der Waals surface area contributed by atoms with Gasteiger partial charge in [0.25, 0.3) is 0 Å². The summed E-state index contributed by atoms with van der Waals surface area (Å²) in [7, 11) is 0. The third-order valence-corrected chi connectivity index (χ3v) is 2.44.